The van der Waals surface area contributed by atoms with Gasteiger partial charge in [-0.05, 0) is 12.1 Å². The SMILES string of the molecule is CN=C(NCCOc1cccc(OC)c1)NCc1ncc(C(C)(C)C)o1.I. The van der Waals surface area contributed by atoms with Gasteiger partial charge in [0.15, 0.2) is 5.96 Å². The van der Waals surface area contributed by atoms with Crippen LogP contribution in [-0.4, -0.2) is 38.3 Å². The summed E-state index contributed by atoms with van der Waals surface area (Å²) in [5.74, 6) is 3.70. The summed E-state index contributed by atoms with van der Waals surface area (Å²) in [6.07, 6.45) is 1.77. The molecular formula is C19H29IN4O3. The Kier molecular flexibility index (Phi) is 9.40. The van der Waals surface area contributed by atoms with Crippen molar-refractivity contribution in [3.05, 3.63) is 42.1 Å². The van der Waals surface area contributed by atoms with E-state index in [1.54, 1.807) is 20.4 Å². The highest BCUT2D eigenvalue weighted by atomic mass is 127. The van der Waals surface area contributed by atoms with Crippen LogP contribution in [0.15, 0.2) is 39.9 Å². The molecule has 0 aliphatic heterocycles. The van der Waals surface area contributed by atoms with E-state index in [9.17, 15) is 0 Å². The molecule has 150 valence electrons. The molecule has 0 spiro atoms. The van der Waals surface area contributed by atoms with E-state index in [4.69, 9.17) is 13.9 Å². The number of nitrogens with one attached hydrogen (secondary N) is 2. The summed E-state index contributed by atoms with van der Waals surface area (Å²) < 4.78 is 16.6. The van der Waals surface area contributed by atoms with Gasteiger partial charge >= 0.3 is 0 Å². The van der Waals surface area contributed by atoms with E-state index in [0.717, 1.165) is 17.3 Å². The van der Waals surface area contributed by atoms with Crippen LogP contribution >= 0.6 is 24.0 Å². The Morgan fingerprint density at radius 3 is 2.59 bits per heavy atom. The van der Waals surface area contributed by atoms with Crippen LogP contribution in [0.25, 0.3) is 0 Å². The van der Waals surface area contributed by atoms with Crippen molar-refractivity contribution in [3.63, 3.8) is 0 Å². The second kappa shape index (κ2) is 11.0. The molecule has 0 bridgehead atoms. The zero-order valence-electron chi connectivity index (χ0n) is 16.5. The van der Waals surface area contributed by atoms with Crippen LogP contribution in [0.5, 0.6) is 11.5 Å². The third-order valence-corrected chi connectivity index (χ3v) is 3.63. The molecular weight excluding hydrogens is 459 g/mol. The van der Waals surface area contributed by atoms with Crippen molar-refractivity contribution in [2.45, 2.75) is 32.7 Å². The van der Waals surface area contributed by atoms with Gasteiger partial charge in [-0.25, -0.2) is 4.98 Å². The summed E-state index contributed by atoms with van der Waals surface area (Å²) in [5.41, 5.74) is -0.0529. The molecule has 0 amide bonds. The normalized spacial score (nSPS) is 11.5. The zero-order chi connectivity index (χ0) is 19.0. The maximum absolute atomic E-state index is 5.76. The number of rotatable bonds is 7. The highest BCUT2D eigenvalue weighted by Crippen LogP contribution is 2.22. The average molecular weight is 488 g/mol. The lowest BCUT2D eigenvalue weighted by molar-refractivity contribution is 0.318. The number of hydrogen-bond acceptors (Lipinski definition) is 5. The second-order valence-electron chi connectivity index (χ2n) is 6.75. The molecule has 0 unspecified atom stereocenters. The van der Waals surface area contributed by atoms with Gasteiger partial charge in [-0.15, -0.1) is 24.0 Å². The van der Waals surface area contributed by atoms with E-state index in [2.05, 4.69) is 41.4 Å². The first-order chi connectivity index (χ1) is 12.4. The maximum Gasteiger partial charge on any atom is 0.213 e. The fraction of sp³-hybridized carbons (Fsp3) is 0.474. The van der Waals surface area contributed by atoms with Gasteiger partial charge in [0.1, 0.15) is 23.9 Å². The molecule has 2 rings (SSSR count). The molecule has 1 aromatic carbocycles. The monoisotopic (exact) mass is 488 g/mol. The van der Waals surface area contributed by atoms with E-state index >= 15 is 0 Å². The molecule has 0 radical (unpaired) electrons. The minimum atomic E-state index is -0.0529. The number of methoxy groups -OCH3 is 1. The predicted molar refractivity (Wildman–Crippen MR) is 117 cm³/mol. The Morgan fingerprint density at radius 2 is 1.96 bits per heavy atom. The van der Waals surface area contributed by atoms with Crippen LogP contribution in [0, 0.1) is 0 Å². The van der Waals surface area contributed by atoms with Crippen LogP contribution in [0.3, 0.4) is 0 Å². The number of oxazole rings is 1. The smallest absolute Gasteiger partial charge is 0.213 e. The number of ether oxygens (including phenoxy) is 2. The predicted octanol–water partition coefficient (Wildman–Crippen LogP) is 3.34. The van der Waals surface area contributed by atoms with Crippen molar-refractivity contribution in [1.82, 2.24) is 15.6 Å². The van der Waals surface area contributed by atoms with E-state index in [-0.39, 0.29) is 29.4 Å². The summed E-state index contributed by atoms with van der Waals surface area (Å²) in [5, 5.41) is 6.36. The van der Waals surface area contributed by atoms with Crippen LogP contribution < -0.4 is 20.1 Å². The van der Waals surface area contributed by atoms with Gasteiger partial charge < -0.3 is 24.5 Å². The molecule has 2 N–H and O–H groups in total. The lowest BCUT2D eigenvalue weighted by Gasteiger charge is -2.13. The molecule has 0 aliphatic carbocycles. The summed E-state index contributed by atoms with van der Waals surface area (Å²) in [6, 6.07) is 7.52. The van der Waals surface area contributed by atoms with Gasteiger partial charge in [-0.3, -0.25) is 4.99 Å². The van der Waals surface area contributed by atoms with Crippen molar-refractivity contribution in [2.24, 2.45) is 4.99 Å². The van der Waals surface area contributed by atoms with E-state index in [0.29, 0.717) is 31.5 Å². The molecule has 27 heavy (non-hydrogen) atoms. The van der Waals surface area contributed by atoms with Crippen molar-refractivity contribution in [1.29, 1.82) is 0 Å². The third-order valence-electron chi connectivity index (χ3n) is 3.63. The van der Waals surface area contributed by atoms with Gasteiger partial charge in [-0.2, -0.15) is 0 Å². The number of halogens is 1. The molecule has 1 heterocycles. The standard InChI is InChI=1S/C19H28N4O3.HI/c1-19(2,3)16-12-22-17(26-16)13-23-18(20-4)21-9-10-25-15-8-6-7-14(11-15)24-5;/h6-8,11-12H,9-10,13H2,1-5H3,(H2,20,21,23);1H. The fourth-order valence-corrected chi connectivity index (χ4v) is 2.15. The molecule has 8 heteroatoms. The average Bonchev–Trinajstić information content (AvgIpc) is 3.11. The van der Waals surface area contributed by atoms with Crippen LogP contribution in [0.2, 0.25) is 0 Å². The van der Waals surface area contributed by atoms with Gasteiger partial charge in [-0.1, -0.05) is 26.8 Å². The molecule has 0 saturated carbocycles. The van der Waals surface area contributed by atoms with E-state index in [1.807, 2.05) is 24.3 Å². The van der Waals surface area contributed by atoms with Gasteiger partial charge in [0.2, 0.25) is 5.89 Å². The first-order valence-electron chi connectivity index (χ1n) is 8.59. The number of hydrogen-bond donors (Lipinski definition) is 2. The molecule has 2 aromatic rings. The Bertz CT molecular complexity index is 726. The molecule has 0 saturated heterocycles. The fourth-order valence-electron chi connectivity index (χ4n) is 2.15. The molecule has 0 fully saturated rings. The summed E-state index contributed by atoms with van der Waals surface area (Å²) in [7, 11) is 3.35. The Balaban J connectivity index is 0.00000364. The molecule has 7 nitrogen and oxygen atoms in total. The first-order valence-corrected chi connectivity index (χ1v) is 8.59. The van der Waals surface area contributed by atoms with Crippen molar-refractivity contribution in [2.75, 3.05) is 27.3 Å². The third kappa shape index (κ3) is 7.66. The summed E-state index contributed by atoms with van der Waals surface area (Å²) in [4.78, 5) is 8.47. The summed E-state index contributed by atoms with van der Waals surface area (Å²) >= 11 is 0. The van der Waals surface area contributed by atoms with Crippen LogP contribution in [0.1, 0.15) is 32.4 Å². The highest BCUT2D eigenvalue weighted by molar-refractivity contribution is 14.0. The number of aromatic nitrogens is 1. The molecule has 1 aromatic heterocycles. The number of guanidine groups is 1. The number of benzene rings is 1. The second-order valence-corrected chi connectivity index (χ2v) is 6.75. The lowest BCUT2D eigenvalue weighted by atomic mass is 9.94. The van der Waals surface area contributed by atoms with Gasteiger partial charge in [0, 0.05) is 18.5 Å². The minimum absolute atomic E-state index is 0. The Labute approximate surface area is 178 Å². The topological polar surface area (TPSA) is 80.9 Å². The van der Waals surface area contributed by atoms with Crippen molar-refractivity contribution < 1.29 is 13.9 Å². The van der Waals surface area contributed by atoms with Crippen LogP contribution in [-0.2, 0) is 12.0 Å². The Morgan fingerprint density at radius 1 is 1.22 bits per heavy atom. The van der Waals surface area contributed by atoms with Gasteiger partial charge in [0.25, 0.3) is 0 Å². The quantitative estimate of drug-likeness (QED) is 0.269. The van der Waals surface area contributed by atoms with Crippen molar-refractivity contribution >= 4 is 29.9 Å². The molecule has 0 atom stereocenters. The van der Waals surface area contributed by atoms with Gasteiger partial charge in [0.05, 0.1) is 26.4 Å². The van der Waals surface area contributed by atoms with Crippen molar-refractivity contribution in [3.8, 4) is 11.5 Å². The van der Waals surface area contributed by atoms with E-state index < -0.39 is 0 Å². The lowest BCUT2D eigenvalue weighted by Crippen LogP contribution is -2.38. The summed E-state index contributed by atoms with van der Waals surface area (Å²) in [6.45, 7) is 7.85. The zero-order valence-corrected chi connectivity index (χ0v) is 18.9. The first kappa shape index (κ1) is 23.1. The highest BCUT2D eigenvalue weighted by Gasteiger charge is 2.19. The Hall–Kier alpha value is -1.97. The minimum Gasteiger partial charge on any atom is -0.497 e. The maximum atomic E-state index is 5.76. The number of aliphatic imine (C=N–C) groups is 1. The molecule has 0 aliphatic rings. The van der Waals surface area contributed by atoms with Crippen LogP contribution in [0.4, 0.5) is 0 Å². The largest absolute Gasteiger partial charge is 0.497 e. The van der Waals surface area contributed by atoms with E-state index in [1.165, 1.54) is 0 Å². The number of nitrogens with zero attached hydrogens (tertiary/aromatic N) is 2.